The molecule has 0 radical (unpaired) electrons. The second kappa shape index (κ2) is 5.34. The second-order valence-electron chi connectivity index (χ2n) is 4.18. The molecule has 92 valence electrons. The molecule has 0 aliphatic carbocycles. The third-order valence-electron chi connectivity index (χ3n) is 2.78. The maximum atomic E-state index is 10.2. The van der Waals surface area contributed by atoms with Gasteiger partial charge in [-0.3, -0.25) is 0 Å². The molecule has 0 fully saturated rings. The number of halogens is 1. The smallest absolute Gasteiger partial charge is 0.152 e. The Morgan fingerprint density at radius 1 is 1.47 bits per heavy atom. The molecule has 4 heteroatoms. The monoisotopic (exact) mass is 270 g/mol. The third kappa shape index (κ3) is 2.62. The van der Waals surface area contributed by atoms with Crippen LogP contribution in [0.15, 0.2) is 28.7 Å². The number of para-hydroxylation sites is 1. The third-order valence-corrected chi connectivity index (χ3v) is 3.93. The van der Waals surface area contributed by atoms with Crippen molar-refractivity contribution in [3.8, 4) is 0 Å². The second-order valence-corrected chi connectivity index (χ2v) is 5.50. The van der Waals surface area contributed by atoms with E-state index in [1.807, 2.05) is 31.4 Å². The summed E-state index contributed by atoms with van der Waals surface area (Å²) in [6.07, 6.45) is 1.45. The zero-order valence-electron chi connectivity index (χ0n) is 9.81. The van der Waals surface area contributed by atoms with E-state index in [0.29, 0.717) is 16.4 Å². The fraction of sp³-hybridized carbons (Fsp3) is 0.385. The lowest BCUT2D eigenvalue weighted by Gasteiger charge is -2.15. The standard InChI is InChI=1S/C13H15ClO2S/c1-8(7-17-2)12(15)11-6-9-4-3-5-10(14)13(9)16-11/h3-6,8,12,15H,7H2,1-2H3. The van der Waals surface area contributed by atoms with Crippen molar-refractivity contribution >= 4 is 34.3 Å². The lowest BCUT2D eigenvalue weighted by atomic mass is 10.0. The quantitative estimate of drug-likeness (QED) is 0.907. The molecular formula is C13H15ClO2S. The molecule has 2 atom stereocenters. The molecule has 0 saturated carbocycles. The van der Waals surface area contributed by atoms with Gasteiger partial charge in [-0.15, -0.1) is 0 Å². The van der Waals surface area contributed by atoms with E-state index in [4.69, 9.17) is 16.0 Å². The predicted octanol–water partition coefficient (Wildman–Crippen LogP) is 4.12. The number of thioether (sulfide) groups is 1. The molecule has 2 unspecified atom stereocenters. The molecule has 2 nitrogen and oxygen atoms in total. The number of rotatable bonds is 4. The van der Waals surface area contributed by atoms with Crippen LogP contribution in [0.3, 0.4) is 0 Å². The van der Waals surface area contributed by atoms with Crippen molar-refractivity contribution in [2.75, 3.05) is 12.0 Å². The Bertz CT molecular complexity index is 509. The fourth-order valence-electron chi connectivity index (χ4n) is 1.83. The maximum absolute atomic E-state index is 10.2. The highest BCUT2D eigenvalue weighted by Gasteiger charge is 2.20. The molecule has 0 amide bonds. The number of aliphatic hydroxyl groups excluding tert-OH is 1. The van der Waals surface area contributed by atoms with Crippen LogP contribution in [0, 0.1) is 5.92 Å². The summed E-state index contributed by atoms with van der Waals surface area (Å²) in [6, 6.07) is 7.46. The van der Waals surface area contributed by atoms with Gasteiger partial charge < -0.3 is 9.52 Å². The van der Waals surface area contributed by atoms with Crippen molar-refractivity contribution in [1.29, 1.82) is 0 Å². The first-order chi connectivity index (χ1) is 8.13. The van der Waals surface area contributed by atoms with Gasteiger partial charge in [0.15, 0.2) is 5.58 Å². The summed E-state index contributed by atoms with van der Waals surface area (Å²) < 4.78 is 5.64. The van der Waals surface area contributed by atoms with E-state index >= 15 is 0 Å². The Morgan fingerprint density at radius 3 is 2.88 bits per heavy atom. The first-order valence-corrected chi connectivity index (χ1v) is 7.25. The van der Waals surface area contributed by atoms with E-state index in [1.54, 1.807) is 17.8 Å². The van der Waals surface area contributed by atoms with Gasteiger partial charge in [0, 0.05) is 5.39 Å². The zero-order valence-corrected chi connectivity index (χ0v) is 11.4. The lowest BCUT2D eigenvalue weighted by Crippen LogP contribution is -2.10. The zero-order chi connectivity index (χ0) is 12.4. The molecule has 2 rings (SSSR count). The summed E-state index contributed by atoms with van der Waals surface area (Å²) in [5, 5.41) is 11.7. The minimum absolute atomic E-state index is 0.157. The van der Waals surface area contributed by atoms with Gasteiger partial charge in [-0.1, -0.05) is 30.7 Å². The van der Waals surface area contributed by atoms with E-state index < -0.39 is 6.10 Å². The van der Waals surface area contributed by atoms with Gasteiger partial charge >= 0.3 is 0 Å². The Hall–Kier alpha value is -0.640. The first kappa shape index (κ1) is 12.8. The highest BCUT2D eigenvalue weighted by Crippen LogP contribution is 2.32. The van der Waals surface area contributed by atoms with Crippen molar-refractivity contribution in [2.24, 2.45) is 5.92 Å². The molecule has 0 saturated heterocycles. The number of benzene rings is 1. The van der Waals surface area contributed by atoms with Gasteiger partial charge in [0.1, 0.15) is 11.9 Å². The largest absolute Gasteiger partial charge is 0.457 e. The topological polar surface area (TPSA) is 33.4 Å². The van der Waals surface area contributed by atoms with Crippen molar-refractivity contribution in [3.63, 3.8) is 0 Å². The van der Waals surface area contributed by atoms with E-state index in [1.165, 1.54) is 0 Å². The van der Waals surface area contributed by atoms with Crippen LogP contribution in [0.5, 0.6) is 0 Å². The lowest BCUT2D eigenvalue weighted by molar-refractivity contribution is 0.107. The fourth-order valence-corrected chi connectivity index (χ4v) is 2.76. The van der Waals surface area contributed by atoms with Crippen LogP contribution < -0.4 is 0 Å². The van der Waals surface area contributed by atoms with Gasteiger partial charge in [0.2, 0.25) is 0 Å². The normalized spacial score (nSPS) is 15.1. The Balaban J connectivity index is 2.33. The minimum atomic E-state index is -0.578. The highest BCUT2D eigenvalue weighted by molar-refractivity contribution is 7.98. The first-order valence-electron chi connectivity index (χ1n) is 5.48. The number of fused-ring (bicyclic) bond motifs is 1. The van der Waals surface area contributed by atoms with Crippen LogP contribution in [0.1, 0.15) is 18.8 Å². The molecule has 0 bridgehead atoms. The van der Waals surface area contributed by atoms with Crippen molar-refractivity contribution in [1.82, 2.24) is 0 Å². The van der Waals surface area contributed by atoms with Crippen LogP contribution in [-0.4, -0.2) is 17.1 Å². The van der Waals surface area contributed by atoms with Crippen molar-refractivity contribution < 1.29 is 9.52 Å². The van der Waals surface area contributed by atoms with Gasteiger partial charge in [-0.25, -0.2) is 0 Å². The number of furan rings is 1. The number of hydrogen-bond acceptors (Lipinski definition) is 3. The molecule has 1 aromatic carbocycles. The average molecular weight is 271 g/mol. The maximum Gasteiger partial charge on any atom is 0.152 e. The molecular weight excluding hydrogens is 256 g/mol. The van der Waals surface area contributed by atoms with Crippen molar-refractivity contribution in [3.05, 3.63) is 35.0 Å². The number of hydrogen-bond donors (Lipinski definition) is 1. The van der Waals surface area contributed by atoms with Gasteiger partial charge in [0.05, 0.1) is 5.02 Å². The molecule has 0 aliphatic rings. The summed E-state index contributed by atoms with van der Waals surface area (Å²) in [5.41, 5.74) is 0.652. The minimum Gasteiger partial charge on any atom is -0.457 e. The molecule has 1 heterocycles. The van der Waals surface area contributed by atoms with Crippen LogP contribution in [0.25, 0.3) is 11.0 Å². The Labute approximate surface area is 110 Å². The Morgan fingerprint density at radius 2 is 2.24 bits per heavy atom. The molecule has 17 heavy (non-hydrogen) atoms. The van der Waals surface area contributed by atoms with E-state index in [2.05, 4.69) is 0 Å². The van der Waals surface area contributed by atoms with E-state index in [-0.39, 0.29) is 5.92 Å². The van der Waals surface area contributed by atoms with Crippen LogP contribution in [0.2, 0.25) is 5.02 Å². The SMILES string of the molecule is CSCC(C)C(O)c1cc2cccc(Cl)c2o1. The van der Waals surface area contributed by atoms with Gasteiger partial charge in [-0.05, 0) is 30.1 Å². The highest BCUT2D eigenvalue weighted by atomic mass is 35.5. The van der Waals surface area contributed by atoms with Crippen LogP contribution >= 0.6 is 23.4 Å². The van der Waals surface area contributed by atoms with Crippen LogP contribution in [0.4, 0.5) is 0 Å². The summed E-state index contributed by atoms with van der Waals surface area (Å²) in [6.45, 7) is 2.01. The number of aliphatic hydroxyl groups is 1. The Kier molecular flexibility index (Phi) is 4.02. The summed E-state index contributed by atoms with van der Waals surface area (Å²) in [4.78, 5) is 0. The molecule has 1 N–H and O–H groups in total. The summed E-state index contributed by atoms with van der Waals surface area (Å²) in [5.74, 6) is 1.64. The molecule has 2 aromatic rings. The van der Waals surface area contributed by atoms with Gasteiger partial charge in [0.25, 0.3) is 0 Å². The molecule has 0 spiro atoms. The van der Waals surface area contributed by atoms with Gasteiger partial charge in [-0.2, -0.15) is 11.8 Å². The molecule has 0 aliphatic heterocycles. The van der Waals surface area contributed by atoms with Crippen LogP contribution in [-0.2, 0) is 0 Å². The summed E-state index contributed by atoms with van der Waals surface area (Å²) in [7, 11) is 0. The summed E-state index contributed by atoms with van der Waals surface area (Å²) >= 11 is 7.75. The van der Waals surface area contributed by atoms with E-state index in [0.717, 1.165) is 11.1 Å². The predicted molar refractivity (Wildman–Crippen MR) is 73.7 cm³/mol. The molecule has 1 aromatic heterocycles. The average Bonchev–Trinajstić information content (AvgIpc) is 2.73. The van der Waals surface area contributed by atoms with E-state index in [9.17, 15) is 5.11 Å². The van der Waals surface area contributed by atoms with Crippen molar-refractivity contribution in [2.45, 2.75) is 13.0 Å².